The molecule has 2 N–H and O–H groups in total. The SMILES string of the molecule is COc1cc(C(N)=S)cc(Br)c1OCCCc1ccccc1. The lowest BCUT2D eigenvalue weighted by atomic mass is 10.1. The van der Waals surface area contributed by atoms with E-state index in [9.17, 15) is 0 Å². The summed E-state index contributed by atoms with van der Waals surface area (Å²) in [6.45, 7) is 0.607. The first-order chi connectivity index (χ1) is 10.6. The van der Waals surface area contributed by atoms with Crippen LogP contribution in [0.4, 0.5) is 0 Å². The van der Waals surface area contributed by atoms with Gasteiger partial charge in [-0.2, -0.15) is 0 Å². The van der Waals surface area contributed by atoms with E-state index < -0.39 is 0 Å². The Kier molecular flexibility index (Phi) is 6.21. The standard InChI is InChI=1S/C17H18BrNO2S/c1-20-15-11-13(17(19)22)10-14(18)16(15)21-9-5-8-12-6-3-2-4-7-12/h2-4,6-7,10-11H,5,8-9H2,1H3,(H2,19,22). The van der Waals surface area contributed by atoms with Gasteiger partial charge < -0.3 is 15.2 Å². The van der Waals surface area contributed by atoms with Crippen LogP contribution in [0.3, 0.4) is 0 Å². The molecule has 0 saturated heterocycles. The zero-order valence-corrected chi connectivity index (χ0v) is 14.7. The van der Waals surface area contributed by atoms with Gasteiger partial charge in [-0.1, -0.05) is 42.5 Å². The Hall–Kier alpha value is -1.59. The maximum Gasteiger partial charge on any atom is 0.175 e. The van der Waals surface area contributed by atoms with E-state index in [1.54, 1.807) is 13.2 Å². The van der Waals surface area contributed by atoms with Crippen LogP contribution in [-0.2, 0) is 6.42 Å². The molecule has 0 atom stereocenters. The monoisotopic (exact) mass is 379 g/mol. The molecule has 3 nitrogen and oxygen atoms in total. The third-order valence-electron chi connectivity index (χ3n) is 3.21. The lowest BCUT2D eigenvalue weighted by Crippen LogP contribution is -2.10. The number of aryl methyl sites for hydroxylation is 1. The van der Waals surface area contributed by atoms with Crippen LogP contribution >= 0.6 is 28.1 Å². The van der Waals surface area contributed by atoms with E-state index in [1.165, 1.54) is 5.56 Å². The van der Waals surface area contributed by atoms with Crippen LogP contribution in [0.15, 0.2) is 46.9 Å². The number of hydrogen-bond donors (Lipinski definition) is 1. The summed E-state index contributed by atoms with van der Waals surface area (Å²) in [6, 6.07) is 14.0. The first-order valence-electron chi connectivity index (χ1n) is 6.96. The van der Waals surface area contributed by atoms with Gasteiger partial charge in [0.1, 0.15) is 4.99 Å². The molecule has 0 radical (unpaired) electrons. The summed E-state index contributed by atoms with van der Waals surface area (Å²) in [7, 11) is 1.60. The average molecular weight is 380 g/mol. The van der Waals surface area contributed by atoms with Crippen molar-refractivity contribution in [2.45, 2.75) is 12.8 Å². The highest BCUT2D eigenvalue weighted by Gasteiger charge is 2.12. The lowest BCUT2D eigenvalue weighted by molar-refractivity contribution is 0.287. The molecule has 0 bridgehead atoms. The second kappa shape index (κ2) is 8.15. The van der Waals surface area contributed by atoms with Crippen molar-refractivity contribution < 1.29 is 9.47 Å². The Morgan fingerprint density at radius 3 is 2.59 bits per heavy atom. The maximum atomic E-state index is 5.86. The van der Waals surface area contributed by atoms with Crippen LogP contribution in [0.5, 0.6) is 11.5 Å². The molecule has 0 spiro atoms. The molecule has 0 amide bonds. The lowest BCUT2D eigenvalue weighted by Gasteiger charge is -2.14. The first kappa shape index (κ1) is 16.8. The summed E-state index contributed by atoms with van der Waals surface area (Å²) in [5.41, 5.74) is 7.71. The fraction of sp³-hybridized carbons (Fsp3) is 0.235. The predicted molar refractivity (Wildman–Crippen MR) is 96.8 cm³/mol. The van der Waals surface area contributed by atoms with Crippen molar-refractivity contribution in [3.63, 3.8) is 0 Å². The molecule has 0 saturated carbocycles. The van der Waals surface area contributed by atoms with Gasteiger partial charge in [-0.25, -0.2) is 0 Å². The van der Waals surface area contributed by atoms with Gasteiger partial charge in [-0.05, 0) is 46.5 Å². The summed E-state index contributed by atoms with van der Waals surface area (Å²) in [4.78, 5) is 0.328. The molecule has 0 aromatic heterocycles. The number of thiocarbonyl (C=S) groups is 1. The van der Waals surface area contributed by atoms with Gasteiger partial charge in [-0.15, -0.1) is 0 Å². The molecule has 5 heteroatoms. The Labute approximate surface area is 144 Å². The van der Waals surface area contributed by atoms with E-state index in [-0.39, 0.29) is 0 Å². The molecule has 0 aliphatic rings. The van der Waals surface area contributed by atoms with Crippen LogP contribution in [0, 0.1) is 0 Å². The molecule has 2 rings (SSSR count). The summed E-state index contributed by atoms with van der Waals surface area (Å²) in [5, 5.41) is 0. The fourth-order valence-electron chi connectivity index (χ4n) is 2.10. The Bertz CT molecular complexity index is 647. The zero-order valence-electron chi connectivity index (χ0n) is 12.3. The van der Waals surface area contributed by atoms with E-state index in [1.807, 2.05) is 24.3 Å². The third-order valence-corrected chi connectivity index (χ3v) is 4.04. The predicted octanol–water partition coefficient (Wildman–Crippen LogP) is 4.10. The topological polar surface area (TPSA) is 44.5 Å². The maximum absolute atomic E-state index is 5.86. The van der Waals surface area contributed by atoms with Crippen molar-refractivity contribution in [3.05, 3.63) is 58.1 Å². The van der Waals surface area contributed by atoms with Gasteiger partial charge in [0.2, 0.25) is 0 Å². The van der Waals surface area contributed by atoms with Crippen LogP contribution in [0.2, 0.25) is 0 Å². The van der Waals surface area contributed by atoms with Gasteiger partial charge in [0.05, 0.1) is 18.2 Å². The third kappa shape index (κ3) is 4.45. The normalized spacial score (nSPS) is 10.3. The summed E-state index contributed by atoms with van der Waals surface area (Å²) >= 11 is 8.48. The molecular formula is C17H18BrNO2S. The number of nitrogens with two attached hydrogens (primary N) is 1. The highest BCUT2D eigenvalue weighted by Crippen LogP contribution is 2.36. The Morgan fingerprint density at radius 1 is 1.23 bits per heavy atom. The molecule has 0 fully saturated rings. The molecule has 2 aromatic rings. The number of hydrogen-bond acceptors (Lipinski definition) is 3. The second-order valence-corrected chi connectivity index (χ2v) is 6.09. The van der Waals surface area contributed by atoms with Crippen molar-refractivity contribution >= 4 is 33.1 Å². The number of halogens is 1. The fourth-order valence-corrected chi connectivity index (χ4v) is 2.77. The minimum absolute atomic E-state index is 0.328. The van der Waals surface area contributed by atoms with Crippen molar-refractivity contribution in [3.8, 4) is 11.5 Å². The van der Waals surface area contributed by atoms with Gasteiger partial charge in [0.15, 0.2) is 11.5 Å². The quantitative estimate of drug-likeness (QED) is 0.580. The first-order valence-corrected chi connectivity index (χ1v) is 8.16. The summed E-state index contributed by atoms with van der Waals surface area (Å²) < 4.78 is 12.0. The minimum atomic E-state index is 0.328. The van der Waals surface area contributed by atoms with Crippen molar-refractivity contribution in [2.75, 3.05) is 13.7 Å². The average Bonchev–Trinajstić information content (AvgIpc) is 2.53. The largest absolute Gasteiger partial charge is 0.493 e. The number of rotatable bonds is 7. The molecule has 0 aliphatic carbocycles. The molecule has 0 heterocycles. The van der Waals surface area contributed by atoms with Crippen molar-refractivity contribution in [1.29, 1.82) is 0 Å². The Morgan fingerprint density at radius 2 is 1.95 bits per heavy atom. The van der Waals surface area contributed by atoms with Gasteiger partial charge >= 0.3 is 0 Å². The molecule has 2 aromatic carbocycles. The van der Waals surface area contributed by atoms with Gasteiger partial charge in [0, 0.05) is 5.56 Å². The Balaban J connectivity index is 1.99. The van der Waals surface area contributed by atoms with E-state index in [0.717, 1.165) is 22.9 Å². The molecular weight excluding hydrogens is 362 g/mol. The van der Waals surface area contributed by atoms with Crippen LogP contribution in [-0.4, -0.2) is 18.7 Å². The zero-order chi connectivity index (χ0) is 15.9. The number of benzene rings is 2. The van der Waals surface area contributed by atoms with Crippen molar-refractivity contribution in [1.82, 2.24) is 0 Å². The van der Waals surface area contributed by atoms with E-state index in [2.05, 4.69) is 28.1 Å². The summed E-state index contributed by atoms with van der Waals surface area (Å²) in [6.07, 6.45) is 1.91. The molecule has 0 unspecified atom stereocenters. The molecule has 22 heavy (non-hydrogen) atoms. The number of ether oxygens (including phenoxy) is 2. The van der Waals surface area contributed by atoms with Gasteiger partial charge in [-0.3, -0.25) is 0 Å². The molecule has 116 valence electrons. The van der Waals surface area contributed by atoms with Crippen molar-refractivity contribution in [2.24, 2.45) is 5.73 Å². The smallest absolute Gasteiger partial charge is 0.175 e. The highest BCUT2D eigenvalue weighted by atomic mass is 79.9. The highest BCUT2D eigenvalue weighted by molar-refractivity contribution is 9.10. The van der Waals surface area contributed by atoms with Crippen LogP contribution in [0.25, 0.3) is 0 Å². The second-order valence-electron chi connectivity index (χ2n) is 4.79. The van der Waals surface area contributed by atoms with Gasteiger partial charge in [0.25, 0.3) is 0 Å². The van der Waals surface area contributed by atoms with Crippen LogP contribution in [0.1, 0.15) is 17.5 Å². The number of methoxy groups -OCH3 is 1. The molecule has 0 aliphatic heterocycles. The van der Waals surface area contributed by atoms with Crippen LogP contribution < -0.4 is 15.2 Å². The van der Waals surface area contributed by atoms with E-state index >= 15 is 0 Å². The summed E-state index contributed by atoms with van der Waals surface area (Å²) in [5.74, 6) is 1.30. The van der Waals surface area contributed by atoms with E-state index in [4.69, 9.17) is 27.4 Å². The minimum Gasteiger partial charge on any atom is -0.493 e. The van der Waals surface area contributed by atoms with E-state index in [0.29, 0.717) is 23.1 Å².